The van der Waals surface area contributed by atoms with Crippen molar-refractivity contribution in [2.45, 2.75) is 37.4 Å². The zero-order valence-electron chi connectivity index (χ0n) is 17.8. The normalized spacial score (nSPS) is 12.6. The molecule has 3 aromatic rings. The molecule has 1 aromatic heterocycles. The van der Waals surface area contributed by atoms with Gasteiger partial charge in [-0.2, -0.15) is 13.2 Å². The second-order valence-corrected chi connectivity index (χ2v) is 9.32. The first-order valence-corrected chi connectivity index (χ1v) is 11.3. The van der Waals surface area contributed by atoms with Crippen molar-refractivity contribution in [3.05, 3.63) is 78.1 Å². The molecule has 0 aliphatic rings. The van der Waals surface area contributed by atoms with E-state index in [9.17, 15) is 21.6 Å². The summed E-state index contributed by atoms with van der Waals surface area (Å²) in [4.78, 5) is 3.62. The number of ether oxygens (including phenoxy) is 1. The Hall–Kier alpha value is -2.91. The summed E-state index contributed by atoms with van der Waals surface area (Å²) in [5.41, 5.74) is 0.0769. The molecule has 0 spiro atoms. The lowest BCUT2D eigenvalue weighted by Gasteiger charge is -2.27. The molecular weight excluding hydrogens is 441 g/mol. The number of sulfonamides is 1. The van der Waals surface area contributed by atoms with Crippen LogP contribution in [-0.4, -0.2) is 20.0 Å². The van der Waals surface area contributed by atoms with E-state index in [1.807, 2.05) is 19.1 Å². The molecule has 9 heteroatoms. The van der Waals surface area contributed by atoms with Crippen LogP contribution < -0.4 is 9.46 Å². The van der Waals surface area contributed by atoms with Crippen molar-refractivity contribution in [2.24, 2.45) is 0 Å². The molecule has 0 saturated carbocycles. The van der Waals surface area contributed by atoms with Gasteiger partial charge in [0, 0.05) is 11.8 Å². The largest absolute Gasteiger partial charge is 0.492 e. The lowest BCUT2D eigenvalue weighted by Crippen LogP contribution is -2.41. The summed E-state index contributed by atoms with van der Waals surface area (Å²) in [7, 11) is -4.23. The first-order valence-electron chi connectivity index (χ1n) is 9.83. The van der Waals surface area contributed by atoms with Gasteiger partial charge in [-0.25, -0.2) is 13.1 Å². The SMILES string of the molecule is CCOc1cnccc1-c1cccc(C(C)(C)NS(=O)(=O)c2cccc(C(F)(F)F)c2)c1. The quantitative estimate of drug-likeness (QED) is 0.510. The Labute approximate surface area is 185 Å². The number of hydrogen-bond donors (Lipinski definition) is 1. The van der Waals surface area contributed by atoms with Crippen LogP contribution >= 0.6 is 0 Å². The smallest absolute Gasteiger partial charge is 0.416 e. The lowest BCUT2D eigenvalue weighted by molar-refractivity contribution is -0.137. The fraction of sp³-hybridized carbons (Fsp3) is 0.261. The van der Waals surface area contributed by atoms with E-state index in [0.717, 1.165) is 29.3 Å². The Bertz CT molecular complexity index is 1210. The Morgan fingerprint density at radius 3 is 2.38 bits per heavy atom. The second-order valence-electron chi connectivity index (χ2n) is 7.64. The standard InChI is InChI=1S/C23H23F3N2O3S/c1-4-31-21-15-27-12-11-20(21)16-7-5-8-17(13-16)22(2,3)28-32(29,30)19-10-6-9-18(14-19)23(24,25)26/h5-15,28H,4H2,1-3H3. The Balaban J connectivity index is 1.95. The summed E-state index contributed by atoms with van der Waals surface area (Å²) >= 11 is 0. The third kappa shape index (κ3) is 5.28. The molecule has 170 valence electrons. The summed E-state index contributed by atoms with van der Waals surface area (Å²) in [6.45, 7) is 5.61. The summed E-state index contributed by atoms with van der Waals surface area (Å²) in [5, 5.41) is 0. The summed E-state index contributed by atoms with van der Waals surface area (Å²) in [6, 6.07) is 12.7. The predicted molar refractivity (Wildman–Crippen MR) is 116 cm³/mol. The van der Waals surface area contributed by atoms with Crippen molar-refractivity contribution in [3.8, 4) is 16.9 Å². The first-order chi connectivity index (χ1) is 14.9. The van der Waals surface area contributed by atoms with E-state index in [2.05, 4.69) is 9.71 Å². The third-order valence-corrected chi connectivity index (χ3v) is 6.49. The molecule has 1 heterocycles. The van der Waals surface area contributed by atoms with Crippen molar-refractivity contribution in [3.63, 3.8) is 0 Å². The average molecular weight is 465 g/mol. The van der Waals surface area contributed by atoms with Gasteiger partial charge in [-0.1, -0.05) is 24.3 Å². The van der Waals surface area contributed by atoms with Crippen LogP contribution in [0.25, 0.3) is 11.1 Å². The summed E-state index contributed by atoms with van der Waals surface area (Å²) in [6.07, 6.45) is -1.41. The van der Waals surface area contributed by atoms with Crippen LogP contribution in [0.5, 0.6) is 5.75 Å². The van der Waals surface area contributed by atoms with Crippen molar-refractivity contribution in [2.75, 3.05) is 6.61 Å². The van der Waals surface area contributed by atoms with Crippen LogP contribution in [0.1, 0.15) is 31.9 Å². The van der Waals surface area contributed by atoms with Crippen LogP contribution in [0.15, 0.2) is 71.9 Å². The van der Waals surface area contributed by atoms with E-state index >= 15 is 0 Å². The fourth-order valence-electron chi connectivity index (χ4n) is 3.26. The van der Waals surface area contributed by atoms with Gasteiger partial charge >= 0.3 is 6.18 Å². The van der Waals surface area contributed by atoms with E-state index in [1.165, 1.54) is 0 Å². The van der Waals surface area contributed by atoms with Gasteiger partial charge in [-0.05, 0) is 62.2 Å². The van der Waals surface area contributed by atoms with Crippen LogP contribution in [0.3, 0.4) is 0 Å². The van der Waals surface area contributed by atoms with Crippen LogP contribution in [0.2, 0.25) is 0 Å². The topological polar surface area (TPSA) is 68.3 Å². The zero-order valence-corrected chi connectivity index (χ0v) is 18.6. The maximum atomic E-state index is 13.0. The van der Waals surface area contributed by atoms with Gasteiger partial charge in [0.25, 0.3) is 0 Å². The van der Waals surface area contributed by atoms with Crippen LogP contribution in [-0.2, 0) is 21.7 Å². The van der Waals surface area contributed by atoms with E-state index < -0.39 is 32.2 Å². The fourth-order valence-corrected chi connectivity index (χ4v) is 4.71. The highest BCUT2D eigenvalue weighted by atomic mass is 32.2. The molecule has 0 radical (unpaired) electrons. The van der Waals surface area contributed by atoms with Gasteiger partial charge in [0.15, 0.2) is 0 Å². The molecule has 0 amide bonds. The molecule has 0 aliphatic carbocycles. The average Bonchev–Trinajstić information content (AvgIpc) is 2.73. The third-order valence-electron chi connectivity index (χ3n) is 4.84. The number of rotatable bonds is 7. The maximum absolute atomic E-state index is 13.0. The van der Waals surface area contributed by atoms with E-state index in [-0.39, 0.29) is 0 Å². The molecule has 0 atom stereocenters. The second kappa shape index (κ2) is 8.91. The lowest BCUT2D eigenvalue weighted by atomic mass is 9.92. The minimum atomic E-state index is -4.64. The molecular formula is C23H23F3N2O3S. The van der Waals surface area contributed by atoms with E-state index in [0.29, 0.717) is 24.0 Å². The van der Waals surface area contributed by atoms with Gasteiger partial charge in [0.1, 0.15) is 5.75 Å². The molecule has 0 bridgehead atoms. The minimum Gasteiger partial charge on any atom is -0.492 e. The first kappa shape index (κ1) is 23.7. The number of alkyl halides is 3. The van der Waals surface area contributed by atoms with Gasteiger partial charge < -0.3 is 4.74 Å². The number of benzene rings is 2. The van der Waals surface area contributed by atoms with Gasteiger partial charge in [-0.3, -0.25) is 4.98 Å². The Morgan fingerprint density at radius 1 is 1.00 bits per heavy atom. The summed E-state index contributed by atoms with van der Waals surface area (Å²) < 4.78 is 73.0. The number of pyridine rings is 1. The van der Waals surface area contributed by atoms with Gasteiger partial charge in [-0.15, -0.1) is 0 Å². The molecule has 0 fully saturated rings. The molecule has 3 rings (SSSR count). The van der Waals surface area contributed by atoms with Crippen molar-refractivity contribution in [1.82, 2.24) is 9.71 Å². The molecule has 5 nitrogen and oxygen atoms in total. The predicted octanol–water partition coefficient (Wildman–Crippen LogP) is 5.38. The van der Waals surface area contributed by atoms with Crippen LogP contribution in [0, 0.1) is 0 Å². The van der Waals surface area contributed by atoms with E-state index in [1.54, 1.807) is 44.4 Å². The molecule has 1 N–H and O–H groups in total. The number of halogens is 3. The maximum Gasteiger partial charge on any atom is 0.416 e. The number of aromatic nitrogens is 1. The highest BCUT2D eigenvalue weighted by molar-refractivity contribution is 7.89. The van der Waals surface area contributed by atoms with Crippen molar-refractivity contribution in [1.29, 1.82) is 0 Å². The molecule has 0 saturated heterocycles. The highest BCUT2D eigenvalue weighted by Gasteiger charge is 2.33. The Morgan fingerprint density at radius 2 is 1.69 bits per heavy atom. The molecule has 2 aromatic carbocycles. The summed E-state index contributed by atoms with van der Waals surface area (Å²) in [5.74, 6) is 0.592. The van der Waals surface area contributed by atoms with Gasteiger partial charge in [0.2, 0.25) is 10.0 Å². The number of nitrogens with one attached hydrogen (secondary N) is 1. The Kier molecular flexibility index (Phi) is 6.61. The minimum absolute atomic E-state index is 0.454. The van der Waals surface area contributed by atoms with Crippen molar-refractivity contribution < 1.29 is 26.3 Å². The number of hydrogen-bond acceptors (Lipinski definition) is 4. The molecule has 0 aliphatic heterocycles. The van der Waals surface area contributed by atoms with Gasteiger partial charge in [0.05, 0.1) is 28.8 Å². The highest BCUT2D eigenvalue weighted by Crippen LogP contribution is 2.34. The van der Waals surface area contributed by atoms with E-state index in [4.69, 9.17) is 4.74 Å². The van der Waals surface area contributed by atoms with Crippen molar-refractivity contribution >= 4 is 10.0 Å². The number of nitrogens with zero attached hydrogens (tertiary/aromatic N) is 1. The van der Waals surface area contributed by atoms with Crippen LogP contribution in [0.4, 0.5) is 13.2 Å². The molecule has 0 unspecified atom stereocenters. The monoisotopic (exact) mass is 464 g/mol. The zero-order chi connectivity index (χ0) is 23.6. The molecule has 32 heavy (non-hydrogen) atoms.